The van der Waals surface area contributed by atoms with Gasteiger partial charge in [0.25, 0.3) is 0 Å². The Morgan fingerprint density at radius 2 is 2.04 bits per heavy atom. The number of hydrogen-bond acceptors (Lipinski definition) is 4. The number of likely N-dealkylation sites (tertiary alicyclic amines) is 1. The van der Waals surface area contributed by atoms with E-state index in [4.69, 9.17) is 0 Å². The number of hydrogen-bond donors (Lipinski definition) is 2. The Hall–Kier alpha value is -2.48. The molecule has 1 aliphatic heterocycles. The van der Waals surface area contributed by atoms with Crippen LogP contribution in [0.15, 0.2) is 24.3 Å². The summed E-state index contributed by atoms with van der Waals surface area (Å²) in [5.41, 5.74) is 0.379. The van der Waals surface area contributed by atoms with Crippen molar-refractivity contribution in [3.8, 4) is 0 Å². The third-order valence-corrected chi connectivity index (χ3v) is 4.03. The smallest absolute Gasteiger partial charge is 0.238 e. The van der Waals surface area contributed by atoms with E-state index < -0.39 is 5.82 Å². The second-order valence-electron chi connectivity index (χ2n) is 6.42. The van der Waals surface area contributed by atoms with Crippen LogP contribution < -0.4 is 10.6 Å². The maximum Gasteiger partial charge on any atom is 0.238 e. The zero-order valence-electron chi connectivity index (χ0n) is 15.0. The molecule has 0 bridgehead atoms. The predicted octanol–water partition coefficient (Wildman–Crippen LogP) is 0.825. The van der Waals surface area contributed by atoms with Crippen LogP contribution in [0.5, 0.6) is 0 Å². The molecule has 8 heteroatoms. The van der Waals surface area contributed by atoms with E-state index in [0.29, 0.717) is 31.6 Å². The second-order valence-corrected chi connectivity index (χ2v) is 6.42. The van der Waals surface area contributed by atoms with Crippen LogP contribution in [0.4, 0.5) is 10.1 Å². The highest BCUT2D eigenvalue weighted by molar-refractivity contribution is 5.92. The number of anilines is 1. The summed E-state index contributed by atoms with van der Waals surface area (Å²) in [6.07, 6.45) is 2.24. The van der Waals surface area contributed by atoms with Crippen molar-refractivity contribution in [2.75, 3.05) is 45.1 Å². The summed E-state index contributed by atoms with van der Waals surface area (Å²) in [7, 11) is 1.66. The number of carbonyl (C=O) groups is 3. The Balaban J connectivity index is 1.60. The summed E-state index contributed by atoms with van der Waals surface area (Å²) in [5, 5.41) is 5.37. The first-order chi connectivity index (χ1) is 12.4. The van der Waals surface area contributed by atoms with Gasteiger partial charge in [-0.05, 0) is 38.1 Å². The van der Waals surface area contributed by atoms with Gasteiger partial charge in [0.05, 0.1) is 13.1 Å². The van der Waals surface area contributed by atoms with Crippen LogP contribution in [0, 0.1) is 5.82 Å². The lowest BCUT2D eigenvalue weighted by Crippen LogP contribution is -2.39. The fraction of sp³-hybridized carbons (Fsp3) is 0.500. The third-order valence-electron chi connectivity index (χ3n) is 4.03. The maximum atomic E-state index is 13.1. The Labute approximate surface area is 152 Å². The van der Waals surface area contributed by atoms with Gasteiger partial charge < -0.3 is 15.5 Å². The average Bonchev–Trinajstić information content (AvgIpc) is 2.96. The molecule has 2 rings (SSSR count). The summed E-state index contributed by atoms with van der Waals surface area (Å²) >= 11 is 0. The Morgan fingerprint density at radius 3 is 2.73 bits per heavy atom. The highest BCUT2D eigenvalue weighted by atomic mass is 19.1. The topological polar surface area (TPSA) is 81.8 Å². The SMILES string of the molecule is CN(CC(=O)NCCCN1CCCC1=O)CC(=O)Nc1cccc(F)c1. The lowest BCUT2D eigenvalue weighted by atomic mass is 10.3. The van der Waals surface area contributed by atoms with Gasteiger partial charge in [-0.15, -0.1) is 0 Å². The van der Waals surface area contributed by atoms with E-state index in [1.165, 1.54) is 18.2 Å². The van der Waals surface area contributed by atoms with Crippen molar-refractivity contribution in [1.29, 1.82) is 0 Å². The minimum Gasteiger partial charge on any atom is -0.355 e. The predicted molar refractivity (Wildman–Crippen MR) is 96.0 cm³/mol. The van der Waals surface area contributed by atoms with Crippen LogP contribution >= 0.6 is 0 Å². The van der Waals surface area contributed by atoms with E-state index in [-0.39, 0.29) is 30.8 Å². The number of rotatable bonds is 9. The van der Waals surface area contributed by atoms with Gasteiger partial charge in [-0.25, -0.2) is 4.39 Å². The van der Waals surface area contributed by atoms with Crippen molar-refractivity contribution < 1.29 is 18.8 Å². The van der Waals surface area contributed by atoms with Gasteiger partial charge in [0.15, 0.2) is 0 Å². The molecule has 3 amide bonds. The summed E-state index contributed by atoms with van der Waals surface area (Å²) in [4.78, 5) is 38.7. The number of amides is 3. The van der Waals surface area contributed by atoms with Gasteiger partial charge in [-0.2, -0.15) is 0 Å². The first-order valence-electron chi connectivity index (χ1n) is 8.72. The standard InChI is InChI=1S/C18H25FN4O3/c1-22(13-17(25)21-15-6-2-5-14(19)11-15)12-16(24)20-8-4-10-23-9-3-7-18(23)26/h2,5-6,11H,3-4,7-10,12-13H2,1H3,(H,20,24)(H,21,25). The van der Waals surface area contributed by atoms with E-state index in [1.807, 2.05) is 4.90 Å². The molecule has 1 saturated heterocycles. The van der Waals surface area contributed by atoms with Crippen molar-refractivity contribution in [3.63, 3.8) is 0 Å². The molecule has 0 unspecified atom stereocenters. The molecule has 142 valence electrons. The normalized spacial score (nSPS) is 14.0. The highest BCUT2D eigenvalue weighted by Gasteiger charge is 2.19. The van der Waals surface area contributed by atoms with Crippen molar-refractivity contribution in [2.24, 2.45) is 0 Å². The lowest BCUT2D eigenvalue weighted by Gasteiger charge is -2.17. The van der Waals surface area contributed by atoms with Crippen LogP contribution in [0.2, 0.25) is 0 Å². The van der Waals surface area contributed by atoms with Gasteiger partial charge in [-0.1, -0.05) is 6.07 Å². The van der Waals surface area contributed by atoms with E-state index in [9.17, 15) is 18.8 Å². The molecule has 2 N–H and O–H groups in total. The van der Waals surface area contributed by atoms with Crippen LogP contribution in [0.3, 0.4) is 0 Å². The van der Waals surface area contributed by atoms with Gasteiger partial charge in [0.2, 0.25) is 17.7 Å². The molecular formula is C18H25FN4O3. The van der Waals surface area contributed by atoms with Crippen molar-refractivity contribution in [3.05, 3.63) is 30.1 Å². The molecule has 0 atom stereocenters. The van der Waals surface area contributed by atoms with Crippen LogP contribution in [-0.4, -0.2) is 67.3 Å². The summed E-state index contributed by atoms with van der Waals surface area (Å²) in [6, 6.07) is 5.64. The highest BCUT2D eigenvalue weighted by Crippen LogP contribution is 2.09. The van der Waals surface area contributed by atoms with E-state index in [2.05, 4.69) is 10.6 Å². The van der Waals surface area contributed by atoms with Crippen LogP contribution in [0.1, 0.15) is 19.3 Å². The molecule has 0 aliphatic carbocycles. The fourth-order valence-electron chi connectivity index (χ4n) is 2.81. The minimum absolute atomic E-state index is 0.0201. The Kier molecular flexibility index (Phi) is 7.53. The number of carbonyl (C=O) groups excluding carboxylic acids is 3. The summed E-state index contributed by atoms with van der Waals surface area (Å²) in [5.74, 6) is -0.746. The van der Waals surface area contributed by atoms with E-state index in [0.717, 1.165) is 13.0 Å². The van der Waals surface area contributed by atoms with Gasteiger partial charge >= 0.3 is 0 Å². The first-order valence-corrected chi connectivity index (χ1v) is 8.72. The summed E-state index contributed by atoms with van der Waals surface area (Å²) < 4.78 is 13.1. The summed E-state index contributed by atoms with van der Waals surface area (Å²) in [6.45, 7) is 2.05. The van der Waals surface area contributed by atoms with Crippen molar-refractivity contribution in [2.45, 2.75) is 19.3 Å². The van der Waals surface area contributed by atoms with Crippen molar-refractivity contribution >= 4 is 23.4 Å². The molecule has 0 aromatic heterocycles. The molecule has 1 heterocycles. The third kappa shape index (κ3) is 6.79. The fourth-order valence-corrected chi connectivity index (χ4v) is 2.81. The molecule has 0 saturated carbocycles. The minimum atomic E-state index is -0.425. The number of benzene rings is 1. The number of halogens is 1. The molecule has 0 spiro atoms. The largest absolute Gasteiger partial charge is 0.355 e. The van der Waals surface area contributed by atoms with Crippen LogP contribution in [0.25, 0.3) is 0 Å². The van der Waals surface area contributed by atoms with Gasteiger partial charge in [0, 0.05) is 31.7 Å². The molecule has 7 nitrogen and oxygen atoms in total. The maximum absolute atomic E-state index is 13.1. The quantitative estimate of drug-likeness (QED) is 0.636. The van der Waals surface area contributed by atoms with Gasteiger partial charge in [-0.3, -0.25) is 19.3 Å². The Bertz CT molecular complexity index is 653. The van der Waals surface area contributed by atoms with Crippen LogP contribution in [-0.2, 0) is 14.4 Å². The molecular weight excluding hydrogens is 339 g/mol. The molecule has 0 radical (unpaired) electrons. The molecule has 1 aliphatic rings. The second kappa shape index (κ2) is 9.86. The molecule has 1 fully saturated rings. The monoisotopic (exact) mass is 364 g/mol. The average molecular weight is 364 g/mol. The number of nitrogens with one attached hydrogen (secondary N) is 2. The molecule has 1 aromatic carbocycles. The molecule has 26 heavy (non-hydrogen) atoms. The van der Waals surface area contributed by atoms with E-state index >= 15 is 0 Å². The first kappa shape index (κ1) is 19.8. The molecule has 1 aromatic rings. The Morgan fingerprint density at radius 1 is 1.27 bits per heavy atom. The number of likely N-dealkylation sites (N-methyl/N-ethyl adjacent to an activating group) is 1. The number of nitrogens with zero attached hydrogens (tertiary/aromatic N) is 2. The van der Waals surface area contributed by atoms with E-state index in [1.54, 1.807) is 18.0 Å². The zero-order chi connectivity index (χ0) is 18.9. The lowest BCUT2D eigenvalue weighted by molar-refractivity contribution is -0.127. The zero-order valence-corrected chi connectivity index (χ0v) is 15.0. The van der Waals surface area contributed by atoms with Gasteiger partial charge in [0.1, 0.15) is 5.82 Å². The van der Waals surface area contributed by atoms with Crippen molar-refractivity contribution in [1.82, 2.24) is 15.1 Å².